The predicted molar refractivity (Wildman–Crippen MR) is 161 cm³/mol. The first-order chi connectivity index (χ1) is 22.0. The second-order valence-corrected chi connectivity index (χ2v) is 11.9. The van der Waals surface area contributed by atoms with Crippen LogP contribution in [0.5, 0.6) is 17.2 Å². The standard InChI is InChI=1S/C34H35NO11/c1-16-33(44-15-17-7-4-3-5-8-17)20(35)11-24(45-16)46-22-13-34(42,23(37)14-36)12-19-26(22)32(41)28-27(30(19)39)29(38)18-9-6-10-21(43-2)25(18)31(28)40/h3-10,16,20,22,24,33,36,39,41-42H,11-15,35H2,1-2H3/t16-,20-,22-,24-,33-,34-/m0/s1. The normalized spacial score (nSPS) is 27.0. The Bertz CT molecular complexity index is 1700. The number of fused-ring (bicyclic) bond motifs is 3. The molecule has 12 heteroatoms. The van der Waals surface area contributed by atoms with E-state index in [1.54, 1.807) is 6.92 Å². The summed E-state index contributed by atoms with van der Waals surface area (Å²) < 4.78 is 23.7. The van der Waals surface area contributed by atoms with Gasteiger partial charge in [-0.1, -0.05) is 42.5 Å². The fourth-order valence-electron chi connectivity index (χ4n) is 6.77. The van der Waals surface area contributed by atoms with Crippen LogP contribution in [0.4, 0.5) is 0 Å². The molecule has 1 heterocycles. The van der Waals surface area contributed by atoms with Gasteiger partial charge in [0.1, 0.15) is 29.5 Å². The molecule has 12 nitrogen and oxygen atoms in total. The van der Waals surface area contributed by atoms with Crippen molar-refractivity contribution in [3.05, 3.63) is 87.5 Å². The van der Waals surface area contributed by atoms with Crippen LogP contribution in [0.15, 0.2) is 48.5 Å². The van der Waals surface area contributed by atoms with Crippen LogP contribution in [0.3, 0.4) is 0 Å². The number of phenols is 2. The summed E-state index contributed by atoms with van der Waals surface area (Å²) in [5.74, 6) is -3.68. The molecule has 0 aromatic heterocycles. The zero-order chi connectivity index (χ0) is 32.9. The Kier molecular flexibility index (Phi) is 8.44. The molecule has 2 aliphatic carbocycles. The van der Waals surface area contributed by atoms with Crippen LogP contribution in [0.1, 0.15) is 74.4 Å². The number of carbonyl (C=O) groups is 3. The Hall–Kier alpha value is -4.17. The van der Waals surface area contributed by atoms with Gasteiger partial charge in [0.15, 0.2) is 17.9 Å². The molecule has 0 amide bonds. The minimum Gasteiger partial charge on any atom is -0.507 e. The van der Waals surface area contributed by atoms with E-state index in [4.69, 9.17) is 24.7 Å². The fraction of sp³-hybridized carbons (Fsp3) is 0.382. The molecule has 1 aliphatic heterocycles. The van der Waals surface area contributed by atoms with Gasteiger partial charge < -0.3 is 45.1 Å². The molecular formula is C34H35NO11. The van der Waals surface area contributed by atoms with Crippen LogP contribution in [-0.4, -0.2) is 81.6 Å². The number of nitrogens with two attached hydrogens (primary N) is 1. The zero-order valence-electron chi connectivity index (χ0n) is 25.3. The smallest absolute Gasteiger partial charge is 0.202 e. The summed E-state index contributed by atoms with van der Waals surface area (Å²) in [5.41, 5.74) is 3.93. The first kappa shape index (κ1) is 31.8. The summed E-state index contributed by atoms with van der Waals surface area (Å²) in [6.07, 6.45) is -4.26. The monoisotopic (exact) mass is 633 g/mol. The molecule has 3 aromatic carbocycles. The second kappa shape index (κ2) is 12.2. The summed E-state index contributed by atoms with van der Waals surface area (Å²) in [6.45, 7) is 1.06. The Morgan fingerprint density at radius 2 is 1.74 bits per heavy atom. The Balaban J connectivity index is 1.36. The van der Waals surface area contributed by atoms with Crippen LogP contribution in [0.2, 0.25) is 0 Å². The highest BCUT2D eigenvalue weighted by atomic mass is 16.7. The molecule has 0 saturated carbocycles. The molecule has 1 saturated heterocycles. The molecule has 46 heavy (non-hydrogen) atoms. The van der Waals surface area contributed by atoms with E-state index in [1.165, 1.54) is 25.3 Å². The highest BCUT2D eigenvalue weighted by Gasteiger charge is 2.50. The van der Waals surface area contributed by atoms with Crippen molar-refractivity contribution in [1.29, 1.82) is 0 Å². The number of benzene rings is 3. The first-order valence-electron chi connectivity index (χ1n) is 14.9. The first-order valence-corrected chi connectivity index (χ1v) is 14.9. The van der Waals surface area contributed by atoms with Crippen molar-refractivity contribution in [3.8, 4) is 17.2 Å². The number of aromatic hydroxyl groups is 2. The molecular weight excluding hydrogens is 598 g/mol. The van der Waals surface area contributed by atoms with Crippen LogP contribution < -0.4 is 10.5 Å². The molecule has 0 bridgehead atoms. The van der Waals surface area contributed by atoms with Gasteiger partial charge in [-0.15, -0.1) is 0 Å². The number of phenolic OH excluding ortho intramolecular Hbond substituents is 2. The van der Waals surface area contributed by atoms with E-state index in [0.717, 1.165) is 5.56 Å². The van der Waals surface area contributed by atoms with Crippen LogP contribution in [0.25, 0.3) is 0 Å². The lowest BCUT2D eigenvalue weighted by molar-refractivity contribution is -0.254. The molecule has 242 valence electrons. The van der Waals surface area contributed by atoms with Gasteiger partial charge in [-0.25, -0.2) is 0 Å². The van der Waals surface area contributed by atoms with Crippen LogP contribution in [0, 0.1) is 0 Å². The molecule has 1 fully saturated rings. The second-order valence-electron chi connectivity index (χ2n) is 11.9. The Morgan fingerprint density at radius 1 is 1.02 bits per heavy atom. The summed E-state index contributed by atoms with van der Waals surface area (Å²) in [7, 11) is 1.34. The lowest BCUT2D eigenvalue weighted by atomic mass is 9.72. The number of ether oxygens (including phenoxy) is 4. The van der Waals surface area contributed by atoms with E-state index < -0.39 is 95.7 Å². The number of rotatable bonds is 8. The van der Waals surface area contributed by atoms with Crippen LogP contribution in [-0.2, 0) is 32.0 Å². The quantitative estimate of drug-likeness (QED) is 0.178. The Labute approximate surface area is 264 Å². The zero-order valence-corrected chi connectivity index (χ0v) is 25.3. The van der Waals surface area contributed by atoms with Crippen molar-refractivity contribution in [3.63, 3.8) is 0 Å². The lowest BCUT2D eigenvalue weighted by Gasteiger charge is -2.43. The van der Waals surface area contributed by atoms with Crippen LogP contribution >= 0.6 is 0 Å². The average Bonchev–Trinajstić information content (AvgIpc) is 3.04. The highest BCUT2D eigenvalue weighted by Crippen LogP contribution is 2.52. The topological polar surface area (TPSA) is 195 Å². The number of methoxy groups -OCH3 is 1. The summed E-state index contributed by atoms with van der Waals surface area (Å²) >= 11 is 0. The molecule has 6 N–H and O–H groups in total. The molecule has 0 spiro atoms. The van der Waals surface area contributed by atoms with E-state index in [-0.39, 0.29) is 34.4 Å². The summed E-state index contributed by atoms with van der Waals surface area (Å²) in [6, 6.07) is 13.4. The molecule has 3 aromatic rings. The van der Waals surface area contributed by atoms with E-state index in [2.05, 4.69) is 0 Å². The van der Waals surface area contributed by atoms with E-state index in [1.807, 2.05) is 30.3 Å². The number of ketones is 3. The maximum atomic E-state index is 13.8. The maximum absolute atomic E-state index is 13.8. The Morgan fingerprint density at radius 3 is 2.41 bits per heavy atom. The van der Waals surface area contributed by atoms with E-state index in [9.17, 15) is 34.8 Å². The van der Waals surface area contributed by atoms with Crippen molar-refractivity contribution in [2.24, 2.45) is 5.73 Å². The largest absolute Gasteiger partial charge is 0.507 e. The SMILES string of the molecule is COc1cccc2c1C(=O)c1c(O)c3c(c(O)c1C2=O)C[C@@](O)(C(=O)CO)C[C@@H]3O[C@H]1C[C@H](N)[C@@H](OCc2ccccc2)[C@H](C)O1. The average molecular weight is 634 g/mol. The van der Waals surface area contributed by atoms with Gasteiger partial charge in [-0.3, -0.25) is 14.4 Å². The molecule has 3 aliphatic rings. The summed E-state index contributed by atoms with van der Waals surface area (Å²) in [4.78, 5) is 40.3. The minimum absolute atomic E-state index is 0.0422. The maximum Gasteiger partial charge on any atom is 0.202 e. The molecule has 0 unspecified atom stereocenters. The van der Waals surface area contributed by atoms with Gasteiger partial charge in [0.05, 0.1) is 48.7 Å². The van der Waals surface area contributed by atoms with Gasteiger partial charge in [0.25, 0.3) is 0 Å². The third-order valence-corrected chi connectivity index (χ3v) is 9.06. The van der Waals surface area contributed by atoms with Crippen molar-refractivity contribution < 1.29 is 53.8 Å². The third kappa shape index (κ3) is 5.26. The van der Waals surface area contributed by atoms with Crippen molar-refractivity contribution in [2.75, 3.05) is 13.7 Å². The molecule has 0 radical (unpaired) electrons. The number of carbonyl (C=O) groups excluding carboxylic acids is 3. The van der Waals surface area contributed by atoms with Crippen molar-refractivity contribution in [2.45, 2.75) is 69.0 Å². The molecule has 6 rings (SSSR count). The molecule has 6 atom stereocenters. The van der Waals surface area contributed by atoms with Gasteiger partial charge in [0.2, 0.25) is 5.78 Å². The van der Waals surface area contributed by atoms with Crippen molar-refractivity contribution >= 4 is 17.3 Å². The number of Topliss-reactive ketones (excluding diaryl/α,β-unsaturated/α-hetero) is 1. The fourth-order valence-corrected chi connectivity index (χ4v) is 6.77. The number of hydrogen-bond acceptors (Lipinski definition) is 12. The van der Waals surface area contributed by atoms with Crippen molar-refractivity contribution in [1.82, 2.24) is 0 Å². The number of aliphatic hydroxyl groups is 2. The minimum atomic E-state index is -2.24. The summed E-state index contributed by atoms with van der Waals surface area (Å²) in [5, 5.41) is 44.3. The van der Waals surface area contributed by atoms with E-state index >= 15 is 0 Å². The predicted octanol–water partition coefficient (Wildman–Crippen LogP) is 2.23. The third-order valence-electron chi connectivity index (χ3n) is 9.06. The van der Waals surface area contributed by atoms with Gasteiger partial charge in [-0.05, 0) is 18.6 Å². The van der Waals surface area contributed by atoms with E-state index in [0.29, 0.717) is 6.61 Å². The van der Waals surface area contributed by atoms with Gasteiger partial charge in [-0.2, -0.15) is 0 Å². The highest BCUT2D eigenvalue weighted by molar-refractivity contribution is 6.31. The number of hydrogen-bond donors (Lipinski definition) is 5. The van der Waals surface area contributed by atoms with Gasteiger partial charge in [0, 0.05) is 42.0 Å². The lowest BCUT2D eigenvalue weighted by Crippen LogP contribution is -2.54. The van der Waals surface area contributed by atoms with Gasteiger partial charge >= 0.3 is 0 Å². The number of aliphatic hydroxyl groups excluding tert-OH is 1.